The van der Waals surface area contributed by atoms with E-state index in [1.165, 1.54) is 4.88 Å². The van der Waals surface area contributed by atoms with Crippen LogP contribution in [0.5, 0.6) is 0 Å². The SMILES string of the molecule is O=C(CCCc1cccs1)NCc1ccc(C(=O)O)cc1. The second kappa shape index (κ2) is 7.59. The highest BCUT2D eigenvalue weighted by Gasteiger charge is 2.04. The lowest BCUT2D eigenvalue weighted by Crippen LogP contribution is -2.22. The van der Waals surface area contributed by atoms with Gasteiger partial charge in [-0.1, -0.05) is 18.2 Å². The maximum Gasteiger partial charge on any atom is 0.335 e. The first-order valence-corrected chi connectivity index (χ1v) is 7.64. The Hall–Kier alpha value is -2.14. The maximum absolute atomic E-state index is 11.7. The summed E-state index contributed by atoms with van der Waals surface area (Å²) in [5.74, 6) is -0.923. The minimum absolute atomic E-state index is 0.0221. The average Bonchev–Trinajstić information content (AvgIpc) is 2.99. The molecule has 0 unspecified atom stereocenters. The summed E-state index contributed by atoms with van der Waals surface area (Å²) in [5.41, 5.74) is 1.15. The molecule has 1 amide bonds. The van der Waals surface area contributed by atoms with Gasteiger partial charge in [-0.2, -0.15) is 0 Å². The molecule has 0 saturated heterocycles. The molecule has 0 fully saturated rings. The smallest absolute Gasteiger partial charge is 0.335 e. The molecule has 21 heavy (non-hydrogen) atoms. The van der Waals surface area contributed by atoms with Crippen molar-refractivity contribution < 1.29 is 14.7 Å². The molecule has 0 saturated carbocycles. The number of rotatable bonds is 7. The van der Waals surface area contributed by atoms with Crippen LogP contribution in [-0.2, 0) is 17.8 Å². The van der Waals surface area contributed by atoms with Crippen molar-refractivity contribution in [1.29, 1.82) is 0 Å². The molecule has 0 atom stereocenters. The van der Waals surface area contributed by atoms with E-state index in [-0.39, 0.29) is 11.5 Å². The zero-order valence-electron chi connectivity index (χ0n) is 11.5. The third kappa shape index (κ3) is 5.04. The number of hydrogen-bond donors (Lipinski definition) is 2. The summed E-state index contributed by atoms with van der Waals surface area (Å²) < 4.78 is 0. The number of carbonyl (C=O) groups is 2. The largest absolute Gasteiger partial charge is 0.478 e. The van der Waals surface area contributed by atoms with Crippen LogP contribution < -0.4 is 5.32 Å². The van der Waals surface area contributed by atoms with Crippen LogP contribution in [0.3, 0.4) is 0 Å². The van der Waals surface area contributed by atoms with Crippen LogP contribution in [0.2, 0.25) is 0 Å². The Balaban J connectivity index is 1.69. The molecule has 1 heterocycles. The standard InChI is InChI=1S/C16H17NO3S/c18-15(5-1-3-14-4-2-10-21-14)17-11-12-6-8-13(9-7-12)16(19)20/h2,4,6-10H,1,3,5,11H2,(H,17,18)(H,19,20). The monoisotopic (exact) mass is 303 g/mol. The summed E-state index contributed by atoms with van der Waals surface area (Å²) in [6.07, 6.45) is 2.27. The quantitative estimate of drug-likeness (QED) is 0.826. The lowest BCUT2D eigenvalue weighted by molar-refractivity contribution is -0.121. The highest BCUT2D eigenvalue weighted by atomic mass is 32.1. The van der Waals surface area contributed by atoms with E-state index in [1.54, 1.807) is 35.6 Å². The van der Waals surface area contributed by atoms with Crippen molar-refractivity contribution in [1.82, 2.24) is 5.32 Å². The van der Waals surface area contributed by atoms with Crippen molar-refractivity contribution in [2.45, 2.75) is 25.8 Å². The third-order valence-electron chi connectivity index (χ3n) is 3.10. The van der Waals surface area contributed by atoms with Crippen LogP contribution in [0.1, 0.15) is 33.6 Å². The van der Waals surface area contributed by atoms with E-state index < -0.39 is 5.97 Å². The van der Waals surface area contributed by atoms with E-state index >= 15 is 0 Å². The second-order valence-corrected chi connectivity index (χ2v) is 5.74. The first kappa shape index (κ1) is 15.3. The fraction of sp³-hybridized carbons (Fsp3) is 0.250. The summed E-state index contributed by atoms with van der Waals surface area (Å²) in [7, 11) is 0. The highest BCUT2D eigenvalue weighted by Crippen LogP contribution is 2.12. The van der Waals surface area contributed by atoms with Gasteiger partial charge < -0.3 is 10.4 Å². The molecule has 4 nitrogen and oxygen atoms in total. The topological polar surface area (TPSA) is 66.4 Å². The number of benzene rings is 1. The Morgan fingerprint density at radius 2 is 1.90 bits per heavy atom. The predicted octanol–water partition coefficient (Wildman–Crippen LogP) is 3.09. The molecule has 2 aromatic rings. The van der Waals surface area contributed by atoms with E-state index in [1.807, 2.05) is 11.4 Å². The molecule has 1 aromatic heterocycles. The summed E-state index contributed by atoms with van der Waals surface area (Å²) in [6.45, 7) is 0.428. The Labute approximate surface area is 127 Å². The molecule has 0 aliphatic heterocycles. The molecular formula is C16H17NO3S. The van der Waals surface area contributed by atoms with Gasteiger partial charge in [-0.25, -0.2) is 4.79 Å². The minimum atomic E-state index is -0.945. The number of hydrogen-bond acceptors (Lipinski definition) is 3. The zero-order valence-corrected chi connectivity index (χ0v) is 12.4. The van der Waals surface area contributed by atoms with Gasteiger partial charge in [-0.15, -0.1) is 11.3 Å². The molecule has 2 N–H and O–H groups in total. The zero-order chi connectivity index (χ0) is 15.1. The van der Waals surface area contributed by atoms with Crippen LogP contribution in [0.25, 0.3) is 0 Å². The van der Waals surface area contributed by atoms with Crippen molar-refractivity contribution >= 4 is 23.2 Å². The fourth-order valence-electron chi connectivity index (χ4n) is 1.93. The van der Waals surface area contributed by atoms with Gasteiger partial charge in [-0.05, 0) is 42.0 Å². The normalized spacial score (nSPS) is 10.3. The maximum atomic E-state index is 11.7. The third-order valence-corrected chi connectivity index (χ3v) is 4.03. The molecule has 2 rings (SSSR count). The molecule has 0 radical (unpaired) electrons. The predicted molar refractivity (Wildman–Crippen MR) is 82.5 cm³/mol. The number of carboxylic acid groups (broad SMARTS) is 1. The van der Waals surface area contributed by atoms with Gasteiger partial charge in [0, 0.05) is 17.8 Å². The molecule has 0 bridgehead atoms. The summed E-state index contributed by atoms with van der Waals surface area (Å²) in [4.78, 5) is 23.7. The molecule has 0 aliphatic carbocycles. The Bertz CT molecular complexity index is 590. The average molecular weight is 303 g/mol. The summed E-state index contributed by atoms with van der Waals surface area (Å²) in [5, 5.41) is 13.7. The van der Waals surface area contributed by atoms with Crippen molar-refractivity contribution in [2.24, 2.45) is 0 Å². The molecule has 0 aliphatic rings. The number of aryl methyl sites for hydroxylation is 1. The first-order valence-electron chi connectivity index (χ1n) is 6.76. The molecule has 0 spiro atoms. The Morgan fingerprint density at radius 1 is 1.14 bits per heavy atom. The number of nitrogens with one attached hydrogen (secondary N) is 1. The van der Waals surface area contributed by atoms with Crippen LogP contribution in [-0.4, -0.2) is 17.0 Å². The summed E-state index contributed by atoms with van der Waals surface area (Å²) in [6, 6.07) is 10.6. The van der Waals surface area contributed by atoms with Gasteiger partial charge in [0.15, 0.2) is 0 Å². The van der Waals surface area contributed by atoms with Gasteiger partial charge in [0.05, 0.1) is 5.56 Å². The van der Waals surface area contributed by atoms with Crippen LogP contribution in [0, 0.1) is 0 Å². The number of carbonyl (C=O) groups excluding carboxylic acids is 1. The molecular weight excluding hydrogens is 286 g/mol. The van der Waals surface area contributed by atoms with Crippen molar-refractivity contribution in [3.8, 4) is 0 Å². The number of carboxylic acids is 1. The van der Waals surface area contributed by atoms with Gasteiger partial charge in [0.1, 0.15) is 0 Å². The summed E-state index contributed by atoms with van der Waals surface area (Å²) >= 11 is 1.71. The van der Waals surface area contributed by atoms with Crippen LogP contribution >= 0.6 is 11.3 Å². The first-order chi connectivity index (χ1) is 10.1. The number of aromatic carboxylic acids is 1. The molecule has 1 aromatic carbocycles. The minimum Gasteiger partial charge on any atom is -0.478 e. The van der Waals surface area contributed by atoms with Gasteiger partial charge >= 0.3 is 5.97 Å². The number of thiophene rings is 1. The second-order valence-electron chi connectivity index (χ2n) is 4.71. The van der Waals surface area contributed by atoms with Crippen LogP contribution in [0.4, 0.5) is 0 Å². The Kier molecular flexibility index (Phi) is 5.51. The van der Waals surface area contributed by atoms with E-state index in [2.05, 4.69) is 11.4 Å². The van der Waals surface area contributed by atoms with E-state index in [0.29, 0.717) is 13.0 Å². The van der Waals surface area contributed by atoms with Gasteiger partial charge in [0.2, 0.25) is 5.91 Å². The van der Waals surface area contributed by atoms with Gasteiger partial charge in [0.25, 0.3) is 0 Å². The van der Waals surface area contributed by atoms with Crippen molar-refractivity contribution in [3.05, 3.63) is 57.8 Å². The Morgan fingerprint density at radius 3 is 2.52 bits per heavy atom. The molecule has 110 valence electrons. The lowest BCUT2D eigenvalue weighted by atomic mass is 10.1. The van der Waals surface area contributed by atoms with E-state index in [9.17, 15) is 9.59 Å². The lowest BCUT2D eigenvalue weighted by Gasteiger charge is -2.05. The van der Waals surface area contributed by atoms with Crippen molar-refractivity contribution in [3.63, 3.8) is 0 Å². The van der Waals surface area contributed by atoms with E-state index in [4.69, 9.17) is 5.11 Å². The molecule has 5 heteroatoms. The fourth-order valence-corrected chi connectivity index (χ4v) is 2.68. The van der Waals surface area contributed by atoms with Crippen molar-refractivity contribution in [2.75, 3.05) is 0 Å². The van der Waals surface area contributed by atoms with E-state index in [0.717, 1.165) is 18.4 Å². The van der Waals surface area contributed by atoms with Crippen LogP contribution in [0.15, 0.2) is 41.8 Å². The number of amides is 1. The van der Waals surface area contributed by atoms with Gasteiger partial charge in [-0.3, -0.25) is 4.79 Å². The highest BCUT2D eigenvalue weighted by molar-refractivity contribution is 7.09.